The van der Waals surface area contributed by atoms with Gasteiger partial charge in [-0.1, -0.05) is 86.0 Å². The molecule has 0 bridgehead atoms. The SMILES string of the molecule is C=C(COC(=O)c1ccc(C(=Cc2ccc(N(c3ccccc3)c3ccc(C(=O)OCC(=C)C(=O)OCC)cc3)cc2)c2ccccc2)cc1)C(=O)OCC. The summed E-state index contributed by atoms with van der Waals surface area (Å²) in [6.45, 7) is 10.5. The summed E-state index contributed by atoms with van der Waals surface area (Å²) in [6, 6.07) is 42.0. The largest absolute Gasteiger partial charge is 0.463 e. The molecule has 0 aliphatic heterocycles. The smallest absolute Gasteiger partial charge is 0.338 e. The van der Waals surface area contributed by atoms with Crippen LogP contribution in [0.5, 0.6) is 0 Å². The lowest BCUT2D eigenvalue weighted by atomic mass is 9.95. The van der Waals surface area contributed by atoms with E-state index in [1.807, 2.05) is 109 Å². The number of hydrogen-bond donors (Lipinski definition) is 0. The molecule has 0 spiro atoms. The van der Waals surface area contributed by atoms with Crippen molar-refractivity contribution in [2.45, 2.75) is 13.8 Å². The van der Waals surface area contributed by atoms with Crippen LogP contribution in [-0.2, 0) is 28.5 Å². The van der Waals surface area contributed by atoms with Gasteiger partial charge in [-0.25, -0.2) is 19.2 Å². The van der Waals surface area contributed by atoms with Crippen molar-refractivity contribution < 1.29 is 38.1 Å². The Morgan fingerprint density at radius 1 is 0.491 bits per heavy atom. The van der Waals surface area contributed by atoms with Gasteiger partial charge >= 0.3 is 23.9 Å². The van der Waals surface area contributed by atoms with Crippen molar-refractivity contribution in [3.8, 4) is 0 Å². The third-order valence-corrected chi connectivity index (χ3v) is 8.24. The van der Waals surface area contributed by atoms with E-state index < -0.39 is 23.9 Å². The number of para-hydroxylation sites is 1. The number of esters is 4. The Labute approximate surface area is 320 Å². The zero-order chi connectivity index (χ0) is 39.2. The van der Waals surface area contributed by atoms with Gasteiger partial charge in [0.05, 0.1) is 35.5 Å². The molecule has 5 aromatic rings. The fourth-order valence-electron chi connectivity index (χ4n) is 5.45. The summed E-state index contributed by atoms with van der Waals surface area (Å²) in [4.78, 5) is 51.2. The number of rotatable bonds is 16. The Balaban J connectivity index is 1.37. The van der Waals surface area contributed by atoms with E-state index in [4.69, 9.17) is 18.9 Å². The first-order chi connectivity index (χ1) is 26.7. The highest BCUT2D eigenvalue weighted by Crippen LogP contribution is 2.35. The van der Waals surface area contributed by atoms with E-state index in [0.717, 1.165) is 39.3 Å². The molecule has 0 atom stereocenters. The number of anilines is 3. The third kappa shape index (κ3) is 10.5. The minimum absolute atomic E-state index is 0.0590. The molecule has 0 aliphatic rings. The molecule has 9 nitrogen and oxygen atoms in total. The van der Waals surface area contributed by atoms with Crippen LogP contribution in [0.1, 0.15) is 51.3 Å². The van der Waals surface area contributed by atoms with Crippen molar-refractivity contribution >= 4 is 52.6 Å². The second kappa shape index (κ2) is 19.2. The van der Waals surface area contributed by atoms with E-state index in [0.29, 0.717) is 11.1 Å². The number of nitrogens with zero attached hydrogens (tertiary/aromatic N) is 1. The van der Waals surface area contributed by atoms with E-state index in [2.05, 4.69) is 24.1 Å². The molecule has 0 N–H and O–H groups in total. The van der Waals surface area contributed by atoms with Crippen LogP contribution >= 0.6 is 0 Å². The van der Waals surface area contributed by atoms with Crippen molar-refractivity contribution in [1.82, 2.24) is 0 Å². The molecule has 0 aliphatic carbocycles. The zero-order valence-corrected chi connectivity index (χ0v) is 30.7. The summed E-state index contributed by atoms with van der Waals surface area (Å²) in [5, 5.41) is 0. The fourth-order valence-corrected chi connectivity index (χ4v) is 5.45. The molecule has 278 valence electrons. The molecule has 5 rings (SSSR count). The zero-order valence-electron chi connectivity index (χ0n) is 30.7. The van der Waals surface area contributed by atoms with Crippen molar-refractivity contribution in [3.05, 3.63) is 186 Å². The van der Waals surface area contributed by atoms with Crippen LogP contribution in [0.4, 0.5) is 17.1 Å². The summed E-state index contributed by atoms with van der Waals surface area (Å²) in [6.07, 6.45) is 2.08. The maximum absolute atomic E-state index is 12.7. The molecule has 0 heterocycles. The minimum Gasteiger partial charge on any atom is -0.463 e. The van der Waals surface area contributed by atoms with Gasteiger partial charge in [-0.3, -0.25) is 0 Å². The highest BCUT2D eigenvalue weighted by molar-refractivity contribution is 5.95. The summed E-state index contributed by atoms with van der Waals surface area (Å²) in [5.74, 6) is -2.36. The predicted molar refractivity (Wildman–Crippen MR) is 213 cm³/mol. The van der Waals surface area contributed by atoms with Crippen LogP contribution in [-0.4, -0.2) is 50.3 Å². The highest BCUT2D eigenvalue weighted by atomic mass is 16.6. The van der Waals surface area contributed by atoms with Crippen molar-refractivity contribution in [2.24, 2.45) is 0 Å². The molecule has 0 saturated heterocycles. The third-order valence-electron chi connectivity index (χ3n) is 8.24. The first-order valence-electron chi connectivity index (χ1n) is 17.6. The quantitative estimate of drug-likeness (QED) is 0.0424. The van der Waals surface area contributed by atoms with E-state index in [-0.39, 0.29) is 37.6 Å². The lowest BCUT2D eigenvalue weighted by Crippen LogP contribution is -2.15. The van der Waals surface area contributed by atoms with Gasteiger partial charge in [-0.2, -0.15) is 0 Å². The van der Waals surface area contributed by atoms with Gasteiger partial charge in [0.1, 0.15) is 13.2 Å². The second-order valence-electron chi connectivity index (χ2n) is 12.1. The van der Waals surface area contributed by atoms with Crippen LogP contribution in [0.3, 0.4) is 0 Å². The molecular formula is C46H41NO8. The molecule has 9 heteroatoms. The van der Waals surface area contributed by atoms with Crippen LogP contribution in [0.2, 0.25) is 0 Å². The van der Waals surface area contributed by atoms with Gasteiger partial charge < -0.3 is 23.8 Å². The van der Waals surface area contributed by atoms with E-state index in [1.165, 1.54) is 0 Å². The Morgan fingerprint density at radius 3 is 1.35 bits per heavy atom. The summed E-state index contributed by atoms with van der Waals surface area (Å²) >= 11 is 0. The van der Waals surface area contributed by atoms with Crippen LogP contribution < -0.4 is 4.90 Å². The first kappa shape index (κ1) is 39.2. The molecule has 0 saturated carbocycles. The molecule has 0 fully saturated rings. The maximum atomic E-state index is 12.7. The van der Waals surface area contributed by atoms with Gasteiger partial charge in [0, 0.05) is 17.1 Å². The molecule has 0 unspecified atom stereocenters. The van der Waals surface area contributed by atoms with Crippen LogP contribution in [0, 0.1) is 0 Å². The molecular weight excluding hydrogens is 695 g/mol. The molecule has 0 radical (unpaired) electrons. The Kier molecular flexibility index (Phi) is 13.7. The minimum atomic E-state index is -0.603. The lowest BCUT2D eigenvalue weighted by molar-refractivity contribution is -0.139. The van der Waals surface area contributed by atoms with Gasteiger partial charge in [0.25, 0.3) is 0 Å². The number of ether oxygens (including phenoxy) is 4. The summed E-state index contributed by atoms with van der Waals surface area (Å²) in [5.41, 5.74) is 7.16. The van der Waals surface area contributed by atoms with Crippen LogP contribution in [0.25, 0.3) is 11.6 Å². The van der Waals surface area contributed by atoms with Crippen molar-refractivity contribution in [2.75, 3.05) is 31.3 Å². The fraction of sp³-hybridized carbons (Fsp3) is 0.130. The molecule has 0 aromatic heterocycles. The summed E-state index contributed by atoms with van der Waals surface area (Å²) < 4.78 is 20.4. The lowest BCUT2D eigenvalue weighted by Gasteiger charge is -2.25. The van der Waals surface area contributed by atoms with E-state index in [1.54, 1.807) is 38.1 Å². The Hall–Kier alpha value is -7.00. The van der Waals surface area contributed by atoms with E-state index in [9.17, 15) is 19.2 Å². The topological polar surface area (TPSA) is 108 Å². The highest BCUT2D eigenvalue weighted by Gasteiger charge is 2.17. The second-order valence-corrected chi connectivity index (χ2v) is 12.1. The maximum Gasteiger partial charge on any atom is 0.338 e. The first-order valence-corrected chi connectivity index (χ1v) is 17.6. The Morgan fingerprint density at radius 2 is 0.873 bits per heavy atom. The number of benzene rings is 5. The van der Waals surface area contributed by atoms with Crippen molar-refractivity contribution in [1.29, 1.82) is 0 Å². The van der Waals surface area contributed by atoms with Gasteiger partial charge in [-0.05, 0) is 103 Å². The van der Waals surface area contributed by atoms with Crippen molar-refractivity contribution in [3.63, 3.8) is 0 Å². The van der Waals surface area contributed by atoms with Gasteiger partial charge in [0.15, 0.2) is 0 Å². The molecule has 0 amide bonds. The average Bonchev–Trinajstić information content (AvgIpc) is 3.22. The standard InChI is InChI=1S/C46H41NO8/c1-5-52-43(48)32(3)30-54-45(50)37-21-19-36(20-22-37)42(35-13-9-7-10-14-35)29-34-17-25-40(26-18-34)47(39-15-11-8-12-16-39)41-27-23-38(24-28-41)46(51)55-31-33(4)44(49)53-6-2/h7-29H,3-6,30-31H2,1-2H3. The van der Waals surface area contributed by atoms with Gasteiger partial charge in [-0.15, -0.1) is 0 Å². The average molecular weight is 736 g/mol. The normalized spacial score (nSPS) is 10.8. The number of hydrogen-bond acceptors (Lipinski definition) is 9. The molecule has 5 aromatic carbocycles. The monoisotopic (exact) mass is 735 g/mol. The van der Waals surface area contributed by atoms with Crippen LogP contribution in [0.15, 0.2) is 158 Å². The number of carbonyl (C=O) groups is 4. The number of carbonyl (C=O) groups excluding carboxylic acids is 4. The molecule has 55 heavy (non-hydrogen) atoms. The van der Waals surface area contributed by atoms with E-state index >= 15 is 0 Å². The summed E-state index contributed by atoms with van der Waals surface area (Å²) in [7, 11) is 0. The van der Waals surface area contributed by atoms with Gasteiger partial charge in [0.2, 0.25) is 0 Å². The predicted octanol–water partition coefficient (Wildman–Crippen LogP) is 9.30. The Bertz CT molecular complexity index is 2160.